The lowest BCUT2D eigenvalue weighted by Gasteiger charge is -2.47. The van der Waals surface area contributed by atoms with Gasteiger partial charge in [-0.15, -0.1) is 0 Å². The van der Waals surface area contributed by atoms with Crippen LogP contribution in [0.2, 0.25) is 0 Å². The fourth-order valence-electron chi connectivity index (χ4n) is 2.72. The van der Waals surface area contributed by atoms with Crippen molar-refractivity contribution in [2.75, 3.05) is 13.1 Å². The zero-order chi connectivity index (χ0) is 18.0. The molecule has 0 amide bonds. The van der Waals surface area contributed by atoms with Crippen molar-refractivity contribution in [1.29, 1.82) is 0 Å². The summed E-state index contributed by atoms with van der Waals surface area (Å²) in [5.74, 6) is 1.12. The van der Waals surface area contributed by atoms with Crippen molar-refractivity contribution in [2.45, 2.75) is 39.0 Å². The van der Waals surface area contributed by atoms with Gasteiger partial charge in [0.05, 0.1) is 0 Å². The highest BCUT2D eigenvalue weighted by Crippen LogP contribution is 2.34. The number of hydrogen-bond donors (Lipinski definition) is 0. The molecule has 3 nitrogen and oxygen atoms in total. The first-order chi connectivity index (χ1) is 11.8. The van der Waals surface area contributed by atoms with Gasteiger partial charge in [0, 0.05) is 23.1 Å². The van der Waals surface area contributed by atoms with Crippen LogP contribution >= 0.6 is 15.9 Å². The highest BCUT2D eigenvalue weighted by molar-refractivity contribution is 9.10. The zero-order valence-corrected chi connectivity index (χ0v) is 16.3. The van der Waals surface area contributed by atoms with Crippen LogP contribution in [0, 0.1) is 5.82 Å². The molecule has 2 aromatic rings. The van der Waals surface area contributed by atoms with Crippen molar-refractivity contribution in [3.63, 3.8) is 0 Å². The van der Waals surface area contributed by atoms with E-state index in [4.69, 9.17) is 9.47 Å². The molecule has 0 bridgehead atoms. The van der Waals surface area contributed by atoms with Gasteiger partial charge < -0.3 is 9.47 Å². The molecule has 0 spiro atoms. The number of ether oxygens (including phenoxy) is 2. The van der Waals surface area contributed by atoms with E-state index >= 15 is 0 Å². The number of nitrogens with zero attached hydrogens (tertiary/aromatic N) is 1. The molecule has 0 aromatic heterocycles. The summed E-state index contributed by atoms with van der Waals surface area (Å²) >= 11 is 3.48. The third-order valence-corrected chi connectivity index (χ3v) is 4.77. The van der Waals surface area contributed by atoms with Crippen LogP contribution in [0.1, 0.15) is 26.3 Å². The molecule has 0 saturated carbocycles. The van der Waals surface area contributed by atoms with Crippen LogP contribution in [0.15, 0.2) is 46.9 Å². The van der Waals surface area contributed by atoms with Gasteiger partial charge in [-0.25, -0.2) is 4.39 Å². The van der Waals surface area contributed by atoms with Crippen molar-refractivity contribution in [3.05, 3.63) is 58.3 Å². The van der Waals surface area contributed by atoms with Crippen LogP contribution < -0.4 is 9.47 Å². The first-order valence-electron chi connectivity index (χ1n) is 8.40. The van der Waals surface area contributed by atoms with Gasteiger partial charge in [-0.1, -0.05) is 28.1 Å². The van der Waals surface area contributed by atoms with E-state index in [2.05, 4.69) is 41.6 Å². The van der Waals surface area contributed by atoms with E-state index in [0.29, 0.717) is 18.1 Å². The summed E-state index contributed by atoms with van der Waals surface area (Å²) in [4.78, 5) is 2.38. The van der Waals surface area contributed by atoms with Crippen molar-refractivity contribution >= 4 is 15.9 Å². The minimum atomic E-state index is -0.259. The van der Waals surface area contributed by atoms with Crippen molar-refractivity contribution in [1.82, 2.24) is 4.90 Å². The summed E-state index contributed by atoms with van der Waals surface area (Å²) in [6, 6.07) is 12.1. The SMILES string of the molecule is CC(C)(C)N1CC(Oc2cc(Br)ccc2OCc2cccc(F)c2)C1. The first-order valence-corrected chi connectivity index (χ1v) is 9.19. The summed E-state index contributed by atoms with van der Waals surface area (Å²) in [6.07, 6.45) is 0.157. The van der Waals surface area contributed by atoms with Crippen LogP contribution in [0.25, 0.3) is 0 Å². The van der Waals surface area contributed by atoms with Gasteiger partial charge in [-0.2, -0.15) is 0 Å². The van der Waals surface area contributed by atoms with Gasteiger partial charge in [0.1, 0.15) is 18.5 Å². The normalized spacial score (nSPS) is 15.7. The summed E-state index contributed by atoms with van der Waals surface area (Å²) < 4.78 is 26.2. The highest BCUT2D eigenvalue weighted by atomic mass is 79.9. The second-order valence-electron chi connectivity index (χ2n) is 7.33. The second-order valence-corrected chi connectivity index (χ2v) is 8.24. The molecule has 1 saturated heterocycles. The van der Waals surface area contributed by atoms with E-state index in [0.717, 1.165) is 23.1 Å². The number of hydrogen-bond acceptors (Lipinski definition) is 3. The fraction of sp³-hybridized carbons (Fsp3) is 0.400. The van der Waals surface area contributed by atoms with Crippen LogP contribution in [0.4, 0.5) is 4.39 Å². The molecule has 1 aliphatic heterocycles. The molecule has 0 unspecified atom stereocenters. The Morgan fingerprint density at radius 2 is 1.88 bits per heavy atom. The third kappa shape index (κ3) is 4.73. The molecule has 25 heavy (non-hydrogen) atoms. The minimum Gasteiger partial charge on any atom is -0.485 e. The van der Waals surface area contributed by atoms with Gasteiger partial charge >= 0.3 is 0 Å². The van der Waals surface area contributed by atoms with E-state index in [-0.39, 0.29) is 17.5 Å². The van der Waals surface area contributed by atoms with E-state index in [1.807, 2.05) is 24.3 Å². The lowest BCUT2D eigenvalue weighted by atomic mass is 9.99. The molecule has 5 heteroatoms. The quantitative estimate of drug-likeness (QED) is 0.693. The average Bonchev–Trinajstić information content (AvgIpc) is 2.48. The molecule has 1 fully saturated rings. The lowest BCUT2D eigenvalue weighted by molar-refractivity contribution is -0.0360. The number of likely N-dealkylation sites (tertiary alicyclic amines) is 1. The Labute approximate surface area is 156 Å². The summed E-state index contributed by atoms with van der Waals surface area (Å²) in [5, 5.41) is 0. The topological polar surface area (TPSA) is 21.7 Å². The maximum atomic E-state index is 13.3. The zero-order valence-electron chi connectivity index (χ0n) is 14.8. The van der Waals surface area contributed by atoms with Crippen LogP contribution in [0.3, 0.4) is 0 Å². The molecule has 2 aromatic carbocycles. The molecule has 0 N–H and O–H groups in total. The van der Waals surface area contributed by atoms with Crippen LogP contribution in [-0.2, 0) is 6.61 Å². The standard InChI is InChI=1S/C20H23BrFNO2/c1-20(2,3)23-11-17(12-23)25-19-10-15(21)7-8-18(19)24-13-14-5-4-6-16(22)9-14/h4-10,17H,11-13H2,1-3H3. The number of rotatable bonds is 5. The molecule has 134 valence electrons. The van der Waals surface area contributed by atoms with Gasteiger partial charge in [0.25, 0.3) is 0 Å². The first kappa shape index (κ1) is 18.2. The Morgan fingerprint density at radius 1 is 1.12 bits per heavy atom. The predicted octanol–water partition coefficient (Wildman–Crippen LogP) is 5.03. The summed E-state index contributed by atoms with van der Waals surface area (Å²) in [7, 11) is 0. The molecule has 1 aliphatic rings. The summed E-state index contributed by atoms with van der Waals surface area (Å²) in [6.45, 7) is 8.72. The highest BCUT2D eigenvalue weighted by Gasteiger charge is 2.36. The van der Waals surface area contributed by atoms with Gasteiger partial charge in [-0.05, 0) is 56.7 Å². The third-order valence-electron chi connectivity index (χ3n) is 4.28. The molecule has 1 heterocycles. The Hall–Kier alpha value is -1.59. The van der Waals surface area contributed by atoms with Gasteiger partial charge in [-0.3, -0.25) is 4.90 Å². The molecule has 0 atom stereocenters. The Kier molecular flexibility index (Phi) is 5.35. The van der Waals surface area contributed by atoms with Crippen molar-refractivity contribution in [3.8, 4) is 11.5 Å². The maximum Gasteiger partial charge on any atom is 0.162 e. The Bertz CT molecular complexity index is 739. The largest absolute Gasteiger partial charge is 0.485 e. The fourth-order valence-corrected chi connectivity index (χ4v) is 3.06. The molecular formula is C20H23BrFNO2. The molecule has 0 radical (unpaired) electrons. The molecule has 0 aliphatic carbocycles. The Balaban J connectivity index is 1.65. The second kappa shape index (κ2) is 7.34. The van der Waals surface area contributed by atoms with Gasteiger partial charge in [0.15, 0.2) is 11.5 Å². The minimum absolute atomic E-state index is 0.157. The van der Waals surface area contributed by atoms with E-state index in [1.165, 1.54) is 12.1 Å². The van der Waals surface area contributed by atoms with Crippen LogP contribution in [0.5, 0.6) is 11.5 Å². The van der Waals surface area contributed by atoms with Crippen LogP contribution in [-0.4, -0.2) is 29.6 Å². The number of benzene rings is 2. The average molecular weight is 408 g/mol. The lowest BCUT2D eigenvalue weighted by Crippen LogP contribution is -2.60. The Morgan fingerprint density at radius 3 is 2.56 bits per heavy atom. The molecular weight excluding hydrogens is 385 g/mol. The van der Waals surface area contributed by atoms with E-state index < -0.39 is 0 Å². The molecule has 3 rings (SSSR count). The predicted molar refractivity (Wildman–Crippen MR) is 101 cm³/mol. The monoisotopic (exact) mass is 407 g/mol. The summed E-state index contributed by atoms with van der Waals surface area (Å²) in [5.41, 5.74) is 0.949. The van der Waals surface area contributed by atoms with E-state index in [9.17, 15) is 4.39 Å². The maximum absolute atomic E-state index is 13.3. The van der Waals surface area contributed by atoms with Crippen molar-refractivity contribution < 1.29 is 13.9 Å². The smallest absolute Gasteiger partial charge is 0.162 e. The number of halogens is 2. The van der Waals surface area contributed by atoms with Crippen molar-refractivity contribution in [2.24, 2.45) is 0 Å². The van der Waals surface area contributed by atoms with E-state index in [1.54, 1.807) is 6.07 Å². The van der Waals surface area contributed by atoms with Gasteiger partial charge in [0.2, 0.25) is 0 Å².